The van der Waals surface area contributed by atoms with E-state index < -0.39 is 6.04 Å². The number of carbonyl (C=O) groups is 4. The number of amides is 4. The second-order valence-corrected chi connectivity index (χ2v) is 9.77. The number of methoxy groups -OCH3 is 1. The van der Waals surface area contributed by atoms with Gasteiger partial charge in [-0.3, -0.25) is 24.1 Å². The van der Waals surface area contributed by atoms with Crippen molar-refractivity contribution in [1.82, 2.24) is 15.1 Å². The Morgan fingerprint density at radius 2 is 1.77 bits per heavy atom. The minimum absolute atomic E-state index is 0.0185. The van der Waals surface area contributed by atoms with E-state index in [-0.39, 0.29) is 61.0 Å². The molecule has 0 bridgehead atoms. The summed E-state index contributed by atoms with van der Waals surface area (Å²) in [5, 5.41) is 3.08. The van der Waals surface area contributed by atoms with Gasteiger partial charge in [-0.1, -0.05) is 37.1 Å². The van der Waals surface area contributed by atoms with Crippen LogP contribution in [0.2, 0.25) is 0 Å². The predicted octanol–water partition coefficient (Wildman–Crippen LogP) is 2.81. The lowest BCUT2D eigenvalue weighted by molar-refractivity contribution is -0.144. The molecule has 3 aliphatic rings. The summed E-state index contributed by atoms with van der Waals surface area (Å²) in [6.45, 7) is 2.00. The molecule has 1 saturated heterocycles. The molecule has 188 valence electrons. The SMILES string of the molecule is COc1cccc(CN(C(=O)CCN2C(=O)[C@H]3CC=CC[C@H]3C2=O)[C@H](C)C(=O)NC2CCCC2)c1. The van der Waals surface area contributed by atoms with E-state index >= 15 is 0 Å². The maximum Gasteiger partial charge on any atom is 0.242 e. The molecule has 8 nitrogen and oxygen atoms in total. The van der Waals surface area contributed by atoms with Crippen molar-refractivity contribution in [3.05, 3.63) is 42.0 Å². The Balaban J connectivity index is 1.46. The van der Waals surface area contributed by atoms with Gasteiger partial charge in [0.2, 0.25) is 23.6 Å². The van der Waals surface area contributed by atoms with Crippen LogP contribution in [0.3, 0.4) is 0 Å². The number of fused-ring (bicyclic) bond motifs is 1. The quantitative estimate of drug-likeness (QED) is 0.432. The molecule has 1 N–H and O–H groups in total. The average molecular weight is 482 g/mol. The summed E-state index contributed by atoms with van der Waals surface area (Å²) < 4.78 is 5.31. The molecule has 0 unspecified atom stereocenters. The third kappa shape index (κ3) is 5.57. The molecule has 2 aliphatic carbocycles. The Kier molecular flexibility index (Phi) is 7.88. The van der Waals surface area contributed by atoms with Crippen LogP contribution >= 0.6 is 0 Å². The molecule has 1 aliphatic heterocycles. The Morgan fingerprint density at radius 3 is 2.40 bits per heavy atom. The van der Waals surface area contributed by atoms with Crippen molar-refractivity contribution in [2.24, 2.45) is 11.8 Å². The van der Waals surface area contributed by atoms with E-state index in [1.165, 1.54) is 4.90 Å². The second kappa shape index (κ2) is 11.1. The smallest absolute Gasteiger partial charge is 0.242 e. The normalized spacial score (nSPS) is 22.7. The molecular weight excluding hydrogens is 446 g/mol. The van der Waals surface area contributed by atoms with E-state index in [2.05, 4.69) is 5.32 Å². The van der Waals surface area contributed by atoms with Gasteiger partial charge in [-0.05, 0) is 50.3 Å². The van der Waals surface area contributed by atoms with Gasteiger partial charge in [0.05, 0.1) is 18.9 Å². The standard InChI is InChI=1S/C27H35N3O5/c1-18(25(32)28-20-9-3-4-10-20)30(17-19-8-7-11-21(16-19)35-2)24(31)14-15-29-26(33)22-12-5-6-13-23(22)27(29)34/h5-8,11,16,18,20,22-23H,3-4,9-10,12-15,17H2,1-2H3,(H,28,32)/t18-,22-,23+/m1/s1. The van der Waals surface area contributed by atoms with E-state index in [1.54, 1.807) is 18.9 Å². The van der Waals surface area contributed by atoms with E-state index in [4.69, 9.17) is 4.74 Å². The number of nitrogens with one attached hydrogen (secondary N) is 1. The lowest BCUT2D eigenvalue weighted by atomic mass is 9.85. The van der Waals surface area contributed by atoms with Crippen molar-refractivity contribution < 1.29 is 23.9 Å². The summed E-state index contributed by atoms with van der Waals surface area (Å²) in [7, 11) is 1.58. The molecule has 1 aromatic rings. The summed E-state index contributed by atoms with van der Waals surface area (Å²) in [6, 6.07) is 6.85. The van der Waals surface area contributed by atoms with Crippen LogP contribution in [0.4, 0.5) is 0 Å². The van der Waals surface area contributed by atoms with Gasteiger partial charge in [0.1, 0.15) is 11.8 Å². The first-order chi connectivity index (χ1) is 16.9. The van der Waals surface area contributed by atoms with Crippen molar-refractivity contribution in [2.75, 3.05) is 13.7 Å². The fourth-order valence-electron chi connectivity index (χ4n) is 5.38. The lowest BCUT2D eigenvalue weighted by Gasteiger charge is -2.30. The first-order valence-corrected chi connectivity index (χ1v) is 12.6. The van der Waals surface area contributed by atoms with Crippen LogP contribution in [0.1, 0.15) is 57.4 Å². The van der Waals surface area contributed by atoms with Crippen LogP contribution in [0.5, 0.6) is 5.75 Å². The molecule has 1 saturated carbocycles. The third-order valence-corrected chi connectivity index (χ3v) is 7.50. The highest BCUT2D eigenvalue weighted by molar-refractivity contribution is 6.05. The number of ether oxygens (including phenoxy) is 1. The van der Waals surface area contributed by atoms with Gasteiger partial charge in [0.25, 0.3) is 0 Å². The molecule has 1 heterocycles. The van der Waals surface area contributed by atoms with Crippen molar-refractivity contribution in [2.45, 2.75) is 70.5 Å². The highest BCUT2D eigenvalue weighted by Crippen LogP contribution is 2.35. The molecule has 2 fully saturated rings. The number of hydrogen-bond donors (Lipinski definition) is 1. The first kappa shape index (κ1) is 24.9. The molecule has 0 spiro atoms. The molecule has 4 amide bonds. The maximum absolute atomic E-state index is 13.4. The molecule has 4 rings (SSSR count). The molecule has 35 heavy (non-hydrogen) atoms. The topological polar surface area (TPSA) is 96.0 Å². The number of nitrogens with zero attached hydrogens (tertiary/aromatic N) is 2. The lowest BCUT2D eigenvalue weighted by Crippen LogP contribution is -2.50. The minimum Gasteiger partial charge on any atom is -0.497 e. The van der Waals surface area contributed by atoms with Crippen LogP contribution < -0.4 is 10.1 Å². The van der Waals surface area contributed by atoms with Gasteiger partial charge >= 0.3 is 0 Å². The first-order valence-electron chi connectivity index (χ1n) is 12.6. The zero-order valence-corrected chi connectivity index (χ0v) is 20.6. The van der Waals surface area contributed by atoms with Crippen LogP contribution in [0.15, 0.2) is 36.4 Å². The Labute approximate surface area is 206 Å². The third-order valence-electron chi connectivity index (χ3n) is 7.50. The van der Waals surface area contributed by atoms with E-state index in [1.807, 2.05) is 36.4 Å². The van der Waals surface area contributed by atoms with Crippen LogP contribution in [-0.4, -0.2) is 59.2 Å². The number of carbonyl (C=O) groups excluding carboxylic acids is 4. The fraction of sp³-hybridized carbons (Fsp3) is 0.556. The molecule has 0 radical (unpaired) electrons. The monoisotopic (exact) mass is 481 g/mol. The van der Waals surface area contributed by atoms with Crippen LogP contribution in [-0.2, 0) is 25.7 Å². The van der Waals surface area contributed by atoms with Crippen molar-refractivity contribution >= 4 is 23.6 Å². The number of rotatable bonds is 9. The van der Waals surface area contributed by atoms with E-state index in [0.29, 0.717) is 18.6 Å². The average Bonchev–Trinajstić information content (AvgIpc) is 3.47. The maximum atomic E-state index is 13.4. The van der Waals surface area contributed by atoms with Crippen molar-refractivity contribution in [1.29, 1.82) is 0 Å². The van der Waals surface area contributed by atoms with E-state index in [0.717, 1.165) is 31.2 Å². The molecule has 1 aromatic carbocycles. The number of allylic oxidation sites excluding steroid dienone is 2. The zero-order valence-electron chi connectivity index (χ0n) is 20.6. The zero-order chi connectivity index (χ0) is 24.9. The fourth-order valence-corrected chi connectivity index (χ4v) is 5.38. The number of likely N-dealkylation sites (tertiary alicyclic amines) is 1. The molecular formula is C27H35N3O5. The summed E-state index contributed by atoms with van der Waals surface area (Å²) in [4.78, 5) is 54.8. The van der Waals surface area contributed by atoms with Gasteiger partial charge in [-0.25, -0.2) is 0 Å². The number of benzene rings is 1. The highest BCUT2D eigenvalue weighted by atomic mass is 16.5. The number of hydrogen-bond acceptors (Lipinski definition) is 5. The Morgan fingerprint density at radius 1 is 1.11 bits per heavy atom. The molecule has 3 atom stereocenters. The summed E-state index contributed by atoms with van der Waals surface area (Å²) in [5.74, 6) is -0.790. The summed E-state index contributed by atoms with van der Waals surface area (Å²) in [6.07, 6.45) is 9.12. The van der Waals surface area contributed by atoms with Gasteiger partial charge in [-0.2, -0.15) is 0 Å². The highest BCUT2D eigenvalue weighted by Gasteiger charge is 2.47. The van der Waals surface area contributed by atoms with Gasteiger partial charge in [0, 0.05) is 25.6 Å². The van der Waals surface area contributed by atoms with Crippen LogP contribution in [0.25, 0.3) is 0 Å². The summed E-state index contributed by atoms with van der Waals surface area (Å²) >= 11 is 0. The largest absolute Gasteiger partial charge is 0.497 e. The predicted molar refractivity (Wildman–Crippen MR) is 130 cm³/mol. The second-order valence-electron chi connectivity index (χ2n) is 9.77. The Hall–Kier alpha value is -3.16. The van der Waals surface area contributed by atoms with Gasteiger partial charge in [0.15, 0.2) is 0 Å². The van der Waals surface area contributed by atoms with Crippen molar-refractivity contribution in [3.63, 3.8) is 0 Å². The minimum atomic E-state index is -0.689. The Bertz CT molecular complexity index is 974. The molecule has 8 heteroatoms. The van der Waals surface area contributed by atoms with Gasteiger partial charge in [-0.15, -0.1) is 0 Å². The van der Waals surface area contributed by atoms with Crippen molar-refractivity contribution in [3.8, 4) is 5.75 Å². The summed E-state index contributed by atoms with van der Waals surface area (Å²) in [5.41, 5.74) is 0.837. The number of imide groups is 1. The van der Waals surface area contributed by atoms with Crippen LogP contribution in [0, 0.1) is 11.8 Å². The van der Waals surface area contributed by atoms with E-state index in [9.17, 15) is 19.2 Å². The molecule has 0 aromatic heterocycles. The van der Waals surface area contributed by atoms with Gasteiger partial charge < -0.3 is 15.0 Å².